The minimum absolute atomic E-state index is 0.437. The predicted octanol–water partition coefficient (Wildman–Crippen LogP) is 4.93. The Hall–Kier alpha value is -1.34. The zero-order valence-corrected chi connectivity index (χ0v) is 12.6. The van der Waals surface area contributed by atoms with Crippen LogP contribution in [0.4, 0.5) is 0 Å². The van der Waals surface area contributed by atoms with E-state index in [9.17, 15) is 0 Å². The zero-order valence-electron chi connectivity index (χ0n) is 12.6. The van der Waals surface area contributed by atoms with Gasteiger partial charge in [0.05, 0.1) is 0 Å². The van der Waals surface area contributed by atoms with Gasteiger partial charge >= 0.3 is 0 Å². The minimum atomic E-state index is 0.437. The first-order valence-corrected chi connectivity index (χ1v) is 7.96. The van der Waals surface area contributed by atoms with Gasteiger partial charge in [-0.05, 0) is 54.1 Å². The van der Waals surface area contributed by atoms with Gasteiger partial charge in [-0.2, -0.15) is 0 Å². The highest BCUT2D eigenvalue weighted by atomic mass is 14.9. The third-order valence-corrected chi connectivity index (χ3v) is 5.00. The van der Waals surface area contributed by atoms with Crippen LogP contribution in [0.15, 0.2) is 42.5 Å². The van der Waals surface area contributed by atoms with E-state index in [0.29, 0.717) is 6.04 Å². The molecule has 2 aromatic rings. The Morgan fingerprint density at radius 3 is 2.65 bits per heavy atom. The molecule has 0 aromatic heterocycles. The molecule has 20 heavy (non-hydrogen) atoms. The second-order valence-electron chi connectivity index (χ2n) is 6.40. The lowest BCUT2D eigenvalue weighted by Gasteiger charge is -2.20. The van der Waals surface area contributed by atoms with Crippen LogP contribution in [0.2, 0.25) is 0 Å². The third-order valence-electron chi connectivity index (χ3n) is 5.00. The molecule has 0 saturated heterocycles. The summed E-state index contributed by atoms with van der Waals surface area (Å²) >= 11 is 0. The molecule has 0 aliphatic heterocycles. The average Bonchev–Trinajstić information content (AvgIpc) is 2.89. The van der Waals surface area contributed by atoms with Crippen molar-refractivity contribution >= 4 is 10.8 Å². The van der Waals surface area contributed by atoms with Crippen LogP contribution >= 0.6 is 0 Å². The van der Waals surface area contributed by atoms with Crippen LogP contribution in [-0.4, -0.2) is 6.54 Å². The molecule has 3 atom stereocenters. The quantitative estimate of drug-likeness (QED) is 0.828. The van der Waals surface area contributed by atoms with Crippen molar-refractivity contribution in [3.8, 4) is 0 Å². The van der Waals surface area contributed by atoms with Crippen LogP contribution in [0.1, 0.15) is 44.7 Å². The van der Waals surface area contributed by atoms with Gasteiger partial charge in [-0.1, -0.05) is 56.2 Å². The van der Waals surface area contributed by atoms with Crippen molar-refractivity contribution < 1.29 is 0 Å². The Kier molecular flexibility index (Phi) is 4.07. The molecule has 1 N–H and O–H groups in total. The highest BCUT2D eigenvalue weighted by Gasteiger charge is 2.23. The van der Waals surface area contributed by atoms with Crippen molar-refractivity contribution in [3.05, 3.63) is 48.0 Å². The van der Waals surface area contributed by atoms with Gasteiger partial charge in [0.15, 0.2) is 0 Å². The molecular weight excluding hydrogens is 242 g/mol. The smallest absolute Gasteiger partial charge is 0.0292 e. The molecule has 1 nitrogen and oxygen atoms in total. The number of hydrogen-bond donors (Lipinski definition) is 1. The van der Waals surface area contributed by atoms with Crippen molar-refractivity contribution in [1.82, 2.24) is 5.32 Å². The van der Waals surface area contributed by atoms with E-state index in [4.69, 9.17) is 0 Å². The van der Waals surface area contributed by atoms with Gasteiger partial charge in [-0.25, -0.2) is 0 Å². The zero-order chi connectivity index (χ0) is 13.9. The molecule has 0 amide bonds. The maximum atomic E-state index is 3.74. The van der Waals surface area contributed by atoms with E-state index in [1.165, 1.54) is 35.6 Å². The normalized spacial score (nSPS) is 24.1. The van der Waals surface area contributed by atoms with E-state index in [-0.39, 0.29) is 0 Å². The summed E-state index contributed by atoms with van der Waals surface area (Å²) in [6.07, 6.45) is 4.23. The van der Waals surface area contributed by atoms with Crippen LogP contribution in [-0.2, 0) is 0 Å². The molecule has 0 spiro atoms. The maximum absolute atomic E-state index is 3.74. The molecule has 106 valence electrons. The van der Waals surface area contributed by atoms with Gasteiger partial charge in [-0.3, -0.25) is 0 Å². The van der Waals surface area contributed by atoms with Crippen LogP contribution in [0, 0.1) is 11.8 Å². The van der Waals surface area contributed by atoms with E-state index in [1.54, 1.807) is 0 Å². The summed E-state index contributed by atoms with van der Waals surface area (Å²) in [6, 6.07) is 15.9. The van der Waals surface area contributed by atoms with Gasteiger partial charge in [-0.15, -0.1) is 0 Å². The van der Waals surface area contributed by atoms with Crippen LogP contribution in [0.3, 0.4) is 0 Å². The molecule has 2 aromatic carbocycles. The van der Waals surface area contributed by atoms with Crippen molar-refractivity contribution in [2.75, 3.05) is 6.54 Å². The Balaban J connectivity index is 1.67. The maximum Gasteiger partial charge on any atom is 0.0292 e. The molecule has 3 rings (SSSR count). The van der Waals surface area contributed by atoms with E-state index >= 15 is 0 Å². The first kappa shape index (κ1) is 13.6. The first-order chi connectivity index (χ1) is 9.74. The van der Waals surface area contributed by atoms with E-state index < -0.39 is 0 Å². The van der Waals surface area contributed by atoms with Crippen LogP contribution < -0.4 is 5.32 Å². The van der Waals surface area contributed by atoms with Gasteiger partial charge in [0, 0.05) is 6.04 Å². The standard InChI is InChI=1S/C19H25N/c1-14-6-5-9-19(14)13-20-15(2)17-11-10-16-7-3-4-8-18(16)12-17/h3-4,7-8,10-12,14-15,19-20H,5-6,9,13H2,1-2H3. The molecule has 0 radical (unpaired) electrons. The topological polar surface area (TPSA) is 12.0 Å². The van der Waals surface area contributed by atoms with Crippen molar-refractivity contribution in [2.24, 2.45) is 11.8 Å². The molecule has 1 saturated carbocycles. The van der Waals surface area contributed by atoms with Gasteiger partial charge < -0.3 is 5.32 Å². The average molecular weight is 267 g/mol. The van der Waals surface area contributed by atoms with Crippen molar-refractivity contribution in [3.63, 3.8) is 0 Å². The Morgan fingerprint density at radius 1 is 1.10 bits per heavy atom. The highest BCUT2D eigenvalue weighted by molar-refractivity contribution is 5.83. The van der Waals surface area contributed by atoms with Crippen molar-refractivity contribution in [2.45, 2.75) is 39.2 Å². The molecule has 1 fully saturated rings. The Morgan fingerprint density at radius 2 is 1.90 bits per heavy atom. The van der Waals surface area contributed by atoms with Crippen molar-refractivity contribution in [1.29, 1.82) is 0 Å². The highest BCUT2D eigenvalue weighted by Crippen LogP contribution is 2.31. The summed E-state index contributed by atoms with van der Waals surface area (Å²) in [5.41, 5.74) is 1.40. The van der Waals surface area contributed by atoms with Gasteiger partial charge in [0.25, 0.3) is 0 Å². The van der Waals surface area contributed by atoms with E-state index in [1.807, 2.05) is 0 Å². The molecular formula is C19H25N. The van der Waals surface area contributed by atoms with Crippen LogP contribution in [0.25, 0.3) is 10.8 Å². The number of nitrogens with one attached hydrogen (secondary N) is 1. The number of fused-ring (bicyclic) bond motifs is 1. The lowest BCUT2D eigenvalue weighted by Crippen LogP contribution is -2.26. The van der Waals surface area contributed by atoms with Gasteiger partial charge in [0.2, 0.25) is 0 Å². The van der Waals surface area contributed by atoms with E-state index in [0.717, 1.165) is 18.4 Å². The summed E-state index contributed by atoms with van der Waals surface area (Å²) in [5, 5.41) is 6.40. The monoisotopic (exact) mass is 267 g/mol. The fourth-order valence-corrected chi connectivity index (χ4v) is 3.45. The number of rotatable bonds is 4. The summed E-state index contributed by atoms with van der Waals surface area (Å²) in [4.78, 5) is 0. The molecule has 3 unspecified atom stereocenters. The predicted molar refractivity (Wildman–Crippen MR) is 86.9 cm³/mol. The molecule has 1 heteroatoms. The van der Waals surface area contributed by atoms with Gasteiger partial charge in [0.1, 0.15) is 0 Å². The molecule has 1 aliphatic rings. The third kappa shape index (κ3) is 2.88. The molecule has 0 bridgehead atoms. The fourth-order valence-electron chi connectivity index (χ4n) is 3.45. The SMILES string of the molecule is CC(NCC1CCCC1C)c1ccc2ccccc2c1. The Bertz CT molecular complexity index is 575. The first-order valence-electron chi connectivity index (χ1n) is 7.96. The summed E-state index contributed by atoms with van der Waals surface area (Å²) in [7, 11) is 0. The molecule has 1 aliphatic carbocycles. The minimum Gasteiger partial charge on any atom is -0.310 e. The van der Waals surface area contributed by atoms with E-state index in [2.05, 4.69) is 61.6 Å². The lowest BCUT2D eigenvalue weighted by molar-refractivity contribution is 0.375. The summed E-state index contributed by atoms with van der Waals surface area (Å²) in [6.45, 7) is 5.85. The number of benzene rings is 2. The number of hydrogen-bond acceptors (Lipinski definition) is 1. The Labute approximate surface area is 122 Å². The van der Waals surface area contributed by atoms with Crippen LogP contribution in [0.5, 0.6) is 0 Å². The molecule has 0 heterocycles. The summed E-state index contributed by atoms with van der Waals surface area (Å²) < 4.78 is 0. The largest absolute Gasteiger partial charge is 0.310 e. The lowest BCUT2D eigenvalue weighted by atomic mass is 9.97. The summed E-state index contributed by atoms with van der Waals surface area (Å²) in [5.74, 6) is 1.77. The second kappa shape index (κ2) is 5.97. The second-order valence-corrected chi connectivity index (χ2v) is 6.40. The fraction of sp³-hybridized carbons (Fsp3) is 0.474.